The Bertz CT molecular complexity index is 718. The fourth-order valence-electron chi connectivity index (χ4n) is 3.29. The summed E-state index contributed by atoms with van der Waals surface area (Å²) in [5.41, 5.74) is 1.04. The minimum atomic E-state index is -0.932. The van der Waals surface area contributed by atoms with Crippen LogP contribution >= 0.6 is 0 Å². The Morgan fingerprint density at radius 2 is 1.79 bits per heavy atom. The first-order chi connectivity index (χ1) is 11.4. The molecule has 1 aliphatic heterocycles. The van der Waals surface area contributed by atoms with Crippen LogP contribution in [0.4, 0.5) is 10.1 Å². The van der Waals surface area contributed by atoms with Gasteiger partial charge >= 0.3 is 0 Å². The predicted molar refractivity (Wildman–Crippen MR) is 86.4 cm³/mol. The molecule has 24 heavy (non-hydrogen) atoms. The molecule has 3 amide bonds. The number of fused-ring (bicyclic) bond motifs is 1. The number of hydrogen-bond acceptors (Lipinski definition) is 3. The van der Waals surface area contributed by atoms with Crippen molar-refractivity contribution in [2.75, 3.05) is 5.32 Å². The number of hydrogen-bond donors (Lipinski definition) is 1. The number of halogens is 1. The van der Waals surface area contributed by atoms with Gasteiger partial charge in [-0.2, -0.15) is 0 Å². The summed E-state index contributed by atoms with van der Waals surface area (Å²) >= 11 is 0. The lowest BCUT2D eigenvalue weighted by molar-refractivity contribution is -0.146. The molecule has 0 spiro atoms. The number of aryl methyl sites for hydroxylation is 1. The SMILES string of the molecule is Cc1ccc(F)cc1NC(=O)[C@H](C)N1C(=O)[C@@H]2CC=CC[C@H]2C1=O. The van der Waals surface area contributed by atoms with E-state index in [1.54, 1.807) is 13.0 Å². The van der Waals surface area contributed by atoms with E-state index < -0.39 is 17.8 Å². The van der Waals surface area contributed by atoms with Gasteiger partial charge in [0, 0.05) is 5.69 Å². The highest BCUT2D eigenvalue weighted by Crippen LogP contribution is 2.36. The van der Waals surface area contributed by atoms with Crippen molar-refractivity contribution >= 4 is 23.4 Å². The van der Waals surface area contributed by atoms with Gasteiger partial charge in [-0.05, 0) is 44.4 Å². The average molecular weight is 330 g/mol. The Balaban J connectivity index is 1.77. The van der Waals surface area contributed by atoms with Crippen LogP contribution in [0.1, 0.15) is 25.3 Å². The van der Waals surface area contributed by atoms with Gasteiger partial charge in [-0.3, -0.25) is 19.3 Å². The van der Waals surface area contributed by atoms with Gasteiger partial charge in [-0.15, -0.1) is 0 Å². The number of rotatable bonds is 3. The second-order valence-electron chi connectivity index (χ2n) is 6.33. The highest BCUT2D eigenvalue weighted by Gasteiger charge is 2.50. The minimum absolute atomic E-state index is 0.298. The van der Waals surface area contributed by atoms with Gasteiger partial charge in [-0.25, -0.2) is 4.39 Å². The fraction of sp³-hybridized carbons (Fsp3) is 0.389. The first-order valence-electron chi connectivity index (χ1n) is 7.99. The van der Waals surface area contributed by atoms with Gasteiger partial charge in [0.05, 0.1) is 11.8 Å². The number of amides is 3. The van der Waals surface area contributed by atoms with E-state index in [1.165, 1.54) is 19.1 Å². The molecule has 0 bridgehead atoms. The van der Waals surface area contributed by atoms with Crippen LogP contribution in [0, 0.1) is 24.6 Å². The number of nitrogens with one attached hydrogen (secondary N) is 1. The second-order valence-corrected chi connectivity index (χ2v) is 6.33. The zero-order valence-electron chi connectivity index (χ0n) is 13.6. The van der Waals surface area contributed by atoms with Crippen molar-refractivity contribution in [2.24, 2.45) is 11.8 Å². The van der Waals surface area contributed by atoms with Crippen molar-refractivity contribution in [2.45, 2.75) is 32.7 Å². The van der Waals surface area contributed by atoms with E-state index in [4.69, 9.17) is 0 Å². The van der Waals surface area contributed by atoms with Gasteiger partial charge in [0.2, 0.25) is 17.7 Å². The largest absolute Gasteiger partial charge is 0.324 e. The Hall–Kier alpha value is -2.50. The molecule has 1 saturated heterocycles. The molecule has 0 saturated carbocycles. The van der Waals surface area contributed by atoms with Crippen LogP contribution < -0.4 is 5.32 Å². The van der Waals surface area contributed by atoms with Crippen molar-refractivity contribution in [3.05, 3.63) is 41.7 Å². The summed E-state index contributed by atoms with van der Waals surface area (Å²) in [5.74, 6) is -2.30. The molecule has 5 nitrogen and oxygen atoms in total. The topological polar surface area (TPSA) is 66.5 Å². The van der Waals surface area contributed by atoms with E-state index >= 15 is 0 Å². The van der Waals surface area contributed by atoms with Crippen molar-refractivity contribution in [3.8, 4) is 0 Å². The van der Waals surface area contributed by atoms with Crippen molar-refractivity contribution in [3.63, 3.8) is 0 Å². The molecule has 1 N–H and O–H groups in total. The van der Waals surface area contributed by atoms with Crippen molar-refractivity contribution < 1.29 is 18.8 Å². The van der Waals surface area contributed by atoms with E-state index in [2.05, 4.69) is 5.32 Å². The summed E-state index contributed by atoms with van der Waals surface area (Å²) in [7, 11) is 0. The zero-order chi connectivity index (χ0) is 17.4. The number of imide groups is 1. The quantitative estimate of drug-likeness (QED) is 0.684. The molecule has 1 aliphatic carbocycles. The highest BCUT2D eigenvalue weighted by atomic mass is 19.1. The van der Waals surface area contributed by atoms with Gasteiger partial charge in [0.1, 0.15) is 11.9 Å². The molecule has 1 aromatic carbocycles. The summed E-state index contributed by atoms with van der Waals surface area (Å²) in [5, 5.41) is 2.61. The van der Waals surface area contributed by atoms with Gasteiger partial charge in [0.25, 0.3) is 0 Å². The van der Waals surface area contributed by atoms with Crippen molar-refractivity contribution in [1.82, 2.24) is 4.90 Å². The van der Waals surface area contributed by atoms with E-state index in [0.29, 0.717) is 24.1 Å². The average Bonchev–Trinajstić information content (AvgIpc) is 2.82. The maximum Gasteiger partial charge on any atom is 0.247 e. The Morgan fingerprint density at radius 1 is 1.21 bits per heavy atom. The van der Waals surface area contributed by atoms with Gasteiger partial charge < -0.3 is 5.32 Å². The highest BCUT2D eigenvalue weighted by molar-refractivity contribution is 6.10. The van der Waals surface area contributed by atoms with Gasteiger partial charge in [-0.1, -0.05) is 18.2 Å². The summed E-state index contributed by atoms with van der Waals surface area (Å²) in [6.07, 6.45) is 4.86. The monoisotopic (exact) mass is 330 g/mol. The molecule has 0 unspecified atom stereocenters. The summed E-state index contributed by atoms with van der Waals surface area (Å²) < 4.78 is 13.3. The summed E-state index contributed by atoms with van der Waals surface area (Å²) in [6, 6.07) is 3.15. The molecular formula is C18H19FN2O3. The number of benzene rings is 1. The van der Waals surface area contributed by atoms with E-state index in [1.807, 2.05) is 12.2 Å². The van der Waals surface area contributed by atoms with Crippen LogP contribution in [0.25, 0.3) is 0 Å². The normalized spacial score (nSPS) is 24.0. The predicted octanol–water partition coefficient (Wildman–Crippen LogP) is 2.41. The number of carbonyl (C=O) groups excluding carboxylic acids is 3. The first kappa shape index (κ1) is 16.4. The Kier molecular flexibility index (Phi) is 4.22. The molecule has 2 aliphatic rings. The molecule has 126 valence electrons. The molecule has 0 aromatic heterocycles. The van der Waals surface area contributed by atoms with Crippen LogP contribution in [-0.4, -0.2) is 28.7 Å². The Labute approximate surface area is 139 Å². The number of nitrogens with zero attached hydrogens (tertiary/aromatic N) is 1. The molecule has 6 heteroatoms. The van der Waals surface area contributed by atoms with Gasteiger partial charge in [0.15, 0.2) is 0 Å². The first-order valence-corrected chi connectivity index (χ1v) is 7.99. The third-order valence-corrected chi connectivity index (χ3v) is 4.77. The Morgan fingerprint density at radius 3 is 2.38 bits per heavy atom. The lowest BCUT2D eigenvalue weighted by Gasteiger charge is -2.22. The van der Waals surface area contributed by atoms with E-state index in [0.717, 1.165) is 4.90 Å². The van der Waals surface area contributed by atoms with E-state index in [-0.39, 0.29) is 23.7 Å². The number of anilines is 1. The van der Waals surface area contributed by atoms with E-state index in [9.17, 15) is 18.8 Å². The van der Waals surface area contributed by atoms with Crippen LogP contribution in [0.5, 0.6) is 0 Å². The molecular weight excluding hydrogens is 311 g/mol. The van der Waals surface area contributed by atoms with Crippen LogP contribution in [-0.2, 0) is 14.4 Å². The maximum atomic E-state index is 13.3. The smallest absolute Gasteiger partial charge is 0.247 e. The van der Waals surface area contributed by atoms with Crippen LogP contribution in [0.3, 0.4) is 0 Å². The second kappa shape index (κ2) is 6.19. The molecule has 1 fully saturated rings. The lowest BCUT2D eigenvalue weighted by Crippen LogP contribution is -2.46. The third kappa shape index (κ3) is 2.72. The molecule has 1 heterocycles. The maximum absolute atomic E-state index is 13.3. The number of carbonyl (C=O) groups is 3. The third-order valence-electron chi connectivity index (χ3n) is 4.77. The molecule has 3 rings (SSSR count). The van der Waals surface area contributed by atoms with Crippen LogP contribution in [0.2, 0.25) is 0 Å². The van der Waals surface area contributed by atoms with Crippen LogP contribution in [0.15, 0.2) is 30.4 Å². The molecule has 3 atom stereocenters. The number of likely N-dealkylation sites (tertiary alicyclic amines) is 1. The zero-order valence-corrected chi connectivity index (χ0v) is 13.6. The summed E-state index contributed by atoms with van der Waals surface area (Å²) in [6.45, 7) is 3.26. The summed E-state index contributed by atoms with van der Waals surface area (Å²) in [4.78, 5) is 38.5. The number of allylic oxidation sites excluding steroid dienone is 2. The van der Waals surface area contributed by atoms with Crippen molar-refractivity contribution in [1.29, 1.82) is 0 Å². The standard InChI is InChI=1S/C18H19FN2O3/c1-10-7-8-12(19)9-15(10)20-16(22)11(2)21-17(23)13-5-3-4-6-14(13)18(21)24/h3-4,7-9,11,13-14H,5-6H2,1-2H3,(H,20,22)/t11-,13+,14+/m0/s1. The minimum Gasteiger partial charge on any atom is -0.324 e. The molecule has 1 aromatic rings. The molecule has 0 radical (unpaired) electrons. The lowest BCUT2D eigenvalue weighted by atomic mass is 9.85. The fourth-order valence-corrected chi connectivity index (χ4v) is 3.29.